The Hall–Kier alpha value is -3.15. The lowest BCUT2D eigenvalue weighted by atomic mass is 10.1. The number of aryl methyl sites for hydroxylation is 2. The van der Waals surface area contributed by atoms with Crippen LogP contribution in [-0.2, 0) is 0 Å². The Bertz CT molecular complexity index is 1220. The van der Waals surface area contributed by atoms with Crippen molar-refractivity contribution in [3.05, 3.63) is 59.2 Å². The fourth-order valence-electron chi connectivity index (χ4n) is 3.61. The van der Waals surface area contributed by atoms with Crippen LogP contribution in [0.15, 0.2) is 36.4 Å². The highest BCUT2D eigenvalue weighted by Gasteiger charge is 2.19. The molecule has 27 heavy (non-hydrogen) atoms. The molecule has 2 aromatic carbocycles. The van der Waals surface area contributed by atoms with Crippen LogP contribution in [0.2, 0.25) is 0 Å². The molecular weight excluding hydrogens is 345 g/mol. The lowest BCUT2D eigenvalue weighted by molar-refractivity contribution is 0.194. The maximum Gasteiger partial charge on any atom is 0.432 e. The van der Waals surface area contributed by atoms with Crippen molar-refractivity contribution < 1.29 is 14.3 Å². The molecule has 2 heterocycles. The second kappa shape index (κ2) is 5.94. The topological polar surface area (TPSA) is 60.0 Å². The van der Waals surface area contributed by atoms with Crippen molar-refractivity contribution in [1.82, 2.24) is 14.3 Å². The first-order valence-electron chi connectivity index (χ1n) is 8.82. The second-order valence-electron chi connectivity index (χ2n) is 7.20. The van der Waals surface area contributed by atoms with E-state index in [1.54, 1.807) is 19.9 Å². The lowest BCUT2D eigenvalue weighted by Gasteiger charge is -2.14. The molecule has 0 aliphatic heterocycles. The van der Waals surface area contributed by atoms with Gasteiger partial charge in [-0.2, -0.15) is 9.78 Å². The Morgan fingerprint density at radius 1 is 1.11 bits per heavy atom. The molecular formula is C21H20FN3O2. The number of carbonyl (C=O) groups is 1. The zero-order valence-corrected chi connectivity index (χ0v) is 15.6. The number of fused-ring (bicyclic) bond motifs is 2. The molecule has 0 saturated carbocycles. The van der Waals surface area contributed by atoms with Crippen LogP contribution in [0.3, 0.4) is 0 Å². The van der Waals surface area contributed by atoms with E-state index in [-0.39, 0.29) is 11.7 Å². The van der Waals surface area contributed by atoms with E-state index in [1.165, 1.54) is 6.07 Å². The molecule has 138 valence electrons. The summed E-state index contributed by atoms with van der Waals surface area (Å²) in [5.41, 5.74) is 4.72. The zero-order chi connectivity index (χ0) is 19.5. The van der Waals surface area contributed by atoms with Gasteiger partial charge in [-0.15, -0.1) is 0 Å². The van der Waals surface area contributed by atoms with Crippen molar-refractivity contribution in [1.29, 1.82) is 0 Å². The third-order valence-electron chi connectivity index (χ3n) is 4.99. The molecule has 0 amide bonds. The van der Waals surface area contributed by atoms with E-state index < -0.39 is 6.09 Å². The van der Waals surface area contributed by atoms with Gasteiger partial charge >= 0.3 is 6.09 Å². The fraction of sp³-hybridized carbons (Fsp3) is 0.238. The molecule has 1 N–H and O–H groups in total. The SMILES string of the molecule is Cc1cc(-n2c(C(C)C)cc3cc4c(cc32)c(C)nn4C(=O)O)ccc1F. The van der Waals surface area contributed by atoms with E-state index in [0.29, 0.717) is 16.8 Å². The number of hydrogen-bond acceptors (Lipinski definition) is 2. The molecule has 5 nitrogen and oxygen atoms in total. The number of carboxylic acid groups (broad SMARTS) is 1. The Kier molecular flexibility index (Phi) is 3.80. The van der Waals surface area contributed by atoms with Gasteiger partial charge in [-0.3, -0.25) is 0 Å². The second-order valence-corrected chi connectivity index (χ2v) is 7.20. The normalized spacial score (nSPS) is 11.8. The van der Waals surface area contributed by atoms with Crippen LogP contribution in [0.1, 0.15) is 36.7 Å². The van der Waals surface area contributed by atoms with Gasteiger partial charge in [-0.05, 0) is 61.7 Å². The third-order valence-corrected chi connectivity index (χ3v) is 4.99. The van der Waals surface area contributed by atoms with E-state index in [4.69, 9.17) is 0 Å². The highest BCUT2D eigenvalue weighted by molar-refractivity contribution is 6.00. The monoisotopic (exact) mass is 365 g/mol. The van der Waals surface area contributed by atoms with Crippen LogP contribution in [0.5, 0.6) is 0 Å². The molecule has 6 heteroatoms. The Balaban J connectivity index is 2.10. The summed E-state index contributed by atoms with van der Waals surface area (Å²) in [5, 5.41) is 15.3. The molecule has 0 bridgehead atoms. The quantitative estimate of drug-likeness (QED) is 0.518. The first-order valence-corrected chi connectivity index (χ1v) is 8.82. The average Bonchev–Trinajstić information content (AvgIpc) is 3.14. The van der Waals surface area contributed by atoms with Crippen LogP contribution >= 0.6 is 0 Å². The third kappa shape index (κ3) is 2.60. The molecule has 0 radical (unpaired) electrons. The molecule has 0 spiro atoms. The van der Waals surface area contributed by atoms with Crippen molar-refractivity contribution in [3.63, 3.8) is 0 Å². The van der Waals surface area contributed by atoms with E-state index in [2.05, 4.69) is 29.6 Å². The molecule has 4 rings (SSSR count). The summed E-state index contributed by atoms with van der Waals surface area (Å²) in [6, 6.07) is 11.0. The van der Waals surface area contributed by atoms with Gasteiger partial charge < -0.3 is 9.67 Å². The van der Waals surface area contributed by atoms with E-state index in [1.807, 2.05) is 18.2 Å². The number of rotatable bonds is 2. The predicted octanol–water partition coefficient (Wildman–Crippen LogP) is 5.39. The Morgan fingerprint density at radius 3 is 2.48 bits per heavy atom. The van der Waals surface area contributed by atoms with Crippen LogP contribution in [0.4, 0.5) is 9.18 Å². The van der Waals surface area contributed by atoms with Crippen molar-refractivity contribution in [2.45, 2.75) is 33.6 Å². The minimum atomic E-state index is -1.11. The predicted molar refractivity (Wildman–Crippen MR) is 104 cm³/mol. The molecule has 4 aromatic rings. The Morgan fingerprint density at radius 2 is 1.85 bits per heavy atom. The molecule has 0 aliphatic carbocycles. The molecule has 0 saturated heterocycles. The average molecular weight is 365 g/mol. The lowest BCUT2D eigenvalue weighted by Crippen LogP contribution is -2.09. The van der Waals surface area contributed by atoms with E-state index >= 15 is 0 Å². The van der Waals surface area contributed by atoms with E-state index in [9.17, 15) is 14.3 Å². The summed E-state index contributed by atoms with van der Waals surface area (Å²) in [6.07, 6.45) is -1.11. The van der Waals surface area contributed by atoms with Gasteiger partial charge in [0, 0.05) is 22.2 Å². The summed E-state index contributed by atoms with van der Waals surface area (Å²) in [4.78, 5) is 11.5. The smallest absolute Gasteiger partial charge is 0.432 e. The molecule has 0 unspecified atom stereocenters. The van der Waals surface area contributed by atoms with Crippen LogP contribution in [0.25, 0.3) is 27.5 Å². The summed E-state index contributed by atoms with van der Waals surface area (Å²) in [7, 11) is 0. The van der Waals surface area contributed by atoms with Gasteiger partial charge in [0.05, 0.1) is 16.7 Å². The summed E-state index contributed by atoms with van der Waals surface area (Å²) in [6.45, 7) is 7.75. The van der Waals surface area contributed by atoms with Gasteiger partial charge in [-0.1, -0.05) is 13.8 Å². The van der Waals surface area contributed by atoms with Crippen molar-refractivity contribution >= 4 is 27.9 Å². The highest BCUT2D eigenvalue weighted by Crippen LogP contribution is 2.33. The number of halogens is 1. The van der Waals surface area contributed by atoms with E-state index in [0.717, 1.165) is 32.4 Å². The zero-order valence-electron chi connectivity index (χ0n) is 15.6. The molecule has 0 atom stereocenters. The largest absolute Gasteiger partial charge is 0.463 e. The highest BCUT2D eigenvalue weighted by atomic mass is 19.1. The summed E-state index contributed by atoms with van der Waals surface area (Å²) < 4.78 is 16.9. The fourth-order valence-corrected chi connectivity index (χ4v) is 3.61. The van der Waals surface area contributed by atoms with Crippen molar-refractivity contribution in [3.8, 4) is 5.69 Å². The standard InChI is InChI=1S/C21H20FN3O2/c1-11(2)18-8-14-9-20-16(13(4)23-25(20)21(26)27)10-19(14)24(18)15-5-6-17(22)12(3)7-15/h5-11H,1-4H3,(H,26,27). The van der Waals surface area contributed by atoms with Gasteiger partial charge in [-0.25, -0.2) is 9.18 Å². The van der Waals surface area contributed by atoms with Crippen LogP contribution in [-0.4, -0.2) is 25.5 Å². The maximum atomic E-state index is 13.8. The summed E-state index contributed by atoms with van der Waals surface area (Å²) >= 11 is 0. The minimum absolute atomic E-state index is 0.234. The first-order chi connectivity index (χ1) is 12.8. The van der Waals surface area contributed by atoms with Gasteiger partial charge in [0.25, 0.3) is 0 Å². The maximum absolute atomic E-state index is 13.8. The first kappa shape index (κ1) is 17.3. The number of aromatic nitrogens is 3. The number of nitrogens with zero attached hydrogens (tertiary/aromatic N) is 3. The van der Waals surface area contributed by atoms with Gasteiger partial charge in [0.1, 0.15) is 5.82 Å². The molecule has 2 aromatic heterocycles. The van der Waals surface area contributed by atoms with Gasteiger partial charge in [0.15, 0.2) is 0 Å². The molecule has 0 aliphatic rings. The van der Waals surface area contributed by atoms with Crippen molar-refractivity contribution in [2.24, 2.45) is 0 Å². The number of hydrogen-bond donors (Lipinski definition) is 1. The minimum Gasteiger partial charge on any atom is -0.463 e. The molecule has 0 fully saturated rings. The number of benzene rings is 2. The van der Waals surface area contributed by atoms with Crippen LogP contribution < -0.4 is 0 Å². The van der Waals surface area contributed by atoms with Crippen LogP contribution in [0, 0.1) is 19.7 Å². The van der Waals surface area contributed by atoms with Crippen molar-refractivity contribution in [2.75, 3.05) is 0 Å². The van der Waals surface area contributed by atoms with Gasteiger partial charge in [0.2, 0.25) is 0 Å². The Labute approximate surface area is 155 Å². The summed E-state index contributed by atoms with van der Waals surface area (Å²) in [5.74, 6) is 0.00483.